The van der Waals surface area contributed by atoms with E-state index in [2.05, 4.69) is 10.4 Å². The molecule has 0 aliphatic rings. The molecule has 4 nitrogen and oxygen atoms in total. The number of nitrogens with one attached hydrogen (secondary N) is 1. The van der Waals surface area contributed by atoms with E-state index >= 15 is 0 Å². The monoisotopic (exact) mass is 314 g/mol. The van der Waals surface area contributed by atoms with E-state index in [0.717, 1.165) is 11.8 Å². The molecule has 0 spiro atoms. The van der Waals surface area contributed by atoms with Gasteiger partial charge in [-0.1, -0.05) is 12.2 Å². The van der Waals surface area contributed by atoms with Crippen LogP contribution in [0.1, 0.15) is 16.8 Å². The number of aromatic nitrogens is 2. The van der Waals surface area contributed by atoms with E-state index in [0.29, 0.717) is 12.2 Å². The van der Waals surface area contributed by atoms with Crippen molar-refractivity contribution in [2.75, 3.05) is 5.32 Å². The fourth-order valence-electron chi connectivity index (χ4n) is 1.86. The van der Waals surface area contributed by atoms with E-state index in [9.17, 15) is 13.2 Å². The van der Waals surface area contributed by atoms with Crippen LogP contribution in [0.15, 0.2) is 30.5 Å². The first-order valence-corrected chi connectivity index (χ1v) is 6.41. The first-order chi connectivity index (χ1) is 9.77. The highest BCUT2D eigenvalue weighted by molar-refractivity contribution is 7.80. The standard InChI is InChI=1S/C13H13F3N4S/c1-20-5-4-9(19-20)7-18-8-2-3-11(13(14,15)16)10(6-8)12(17)21/h2-6,18H,7H2,1H3,(H2,17,21). The summed E-state index contributed by atoms with van der Waals surface area (Å²) < 4.78 is 40.2. The molecule has 0 aliphatic carbocycles. The van der Waals surface area contributed by atoms with E-state index in [-0.39, 0.29) is 10.6 Å². The topological polar surface area (TPSA) is 55.9 Å². The molecule has 0 radical (unpaired) electrons. The maximum Gasteiger partial charge on any atom is 0.417 e. The lowest BCUT2D eigenvalue weighted by Gasteiger charge is -2.14. The van der Waals surface area contributed by atoms with Crippen molar-refractivity contribution in [1.29, 1.82) is 0 Å². The maximum absolute atomic E-state index is 12.8. The lowest BCUT2D eigenvalue weighted by atomic mass is 10.1. The zero-order valence-corrected chi connectivity index (χ0v) is 11.9. The molecule has 1 aromatic carbocycles. The second-order valence-corrected chi connectivity index (χ2v) is 4.90. The van der Waals surface area contributed by atoms with Crippen molar-refractivity contribution in [3.05, 3.63) is 47.3 Å². The summed E-state index contributed by atoms with van der Waals surface area (Å²) in [5, 5.41) is 7.15. The van der Waals surface area contributed by atoms with Crippen LogP contribution >= 0.6 is 12.2 Å². The molecule has 3 N–H and O–H groups in total. The maximum atomic E-state index is 12.8. The van der Waals surface area contributed by atoms with Crippen LogP contribution in [0.4, 0.5) is 18.9 Å². The highest BCUT2D eigenvalue weighted by Gasteiger charge is 2.34. The van der Waals surface area contributed by atoms with Crippen LogP contribution in [0, 0.1) is 0 Å². The molecule has 0 unspecified atom stereocenters. The number of benzene rings is 1. The number of nitrogens with two attached hydrogens (primary N) is 1. The third kappa shape index (κ3) is 3.72. The van der Waals surface area contributed by atoms with Crippen LogP contribution in [0.2, 0.25) is 0 Å². The Labute approximate surface area is 124 Å². The summed E-state index contributed by atoms with van der Waals surface area (Å²) in [4.78, 5) is -0.288. The minimum atomic E-state index is -4.49. The van der Waals surface area contributed by atoms with Crippen molar-refractivity contribution in [2.24, 2.45) is 12.8 Å². The zero-order valence-electron chi connectivity index (χ0n) is 11.1. The Morgan fingerprint density at radius 3 is 2.62 bits per heavy atom. The Bertz CT molecular complexity index is 664. The van der Waals surface area contributed by atoms with Crippen LogP contribution in [-0.4, -0.2) is 14.8 Å². The van der Waals surface area contributed by atoms with Crippen LogP contribution in [-0.2, 0) is 19.8 Å². The Morgan fingerprint density at radius 2 is 2.10 bits per heavy atom. The predicted molar refractivity (Wildman–Crippen MR) is 77.9 cm³/mol. The largest absolute Gasteiger partial charge is 0.417 e. The van der Waals surface area contributed by atoms with Gasteiger partial charge in [-0.3, -0.25) is 4.68 Å². The molecular formula is C13H13F3N4S. The van der Waals surface area contributed by atoms with Gasteiger partial charge in [0.15, 0.2) is 0 Å². The van der Waals surface area contributed by atoms with Crippen molar-refractivity contribution in [2.45, 2.75) is 12.7 Å². The summed E-state index contributed by atoms with van der Waals surface area (Å²) in [6, 6.07) is 5.42. The van der Waals surface area contributed by atoms with Crippen molar-refractivity contribution >= 4 is 22.9 Å². The molecule has 1 aromatic heterocycles. The predicted octanol–water partition coefficient (Wildman–Crippen LogP) is 2.69. The molecule has 2 rings (SSSR count). The SMILES string of the molecule is Cn1ccc(CNc2ccc(C(F)(F)F)c(C(N)=S)c2)n1. The molecule has 0 fully saturated rings. The first-order valence-electron chi connectivity index (χ1n) is 6.01. The molecule has 112 valence electrons. The molecule has 0 saturated carbocycles. The van der Waals surface area contributed by atoms with E-state index in [1.54, 1.807) is 17.9 Å². The molecule has 0 saturated heterocycles. The number of alkyl halides is 3. The molecule has 2 aromatic rings. The third-order valence-electron chi connectivity index (χ3n) is 2.83. The molecule has 8 heteroatoms. The fourth-order valence-corrected chi connectivity index (χ4v) is 2.02. The highest BCUT2D eigenvalue weighted by Crippen LogP contribution is 2.33. The van der Waals surface area contributed by atoms with Crippen LogP contribution < -0.4 is 11.1 Å². The van der Waals surface area contributed by atoms with Gasteiger partial charge in [0, 0.05) is 24.5 Å². The number of thiocarbonyl (C=S) groups is 1. The van der Waals surface area contributed by atoms with E-state index < -0.39 is 11.7 Å². The van der Waals surface area contributed by atoms with Gasteiger partial charge in [0.2, 0.25) is 0 Å². The van der Waals surface area contributed by atoms with Crippen LogP contribution in [0.5, 0.6) is 0 Å². The number of aryl methyl sites for hydroxylation is 1. The van der Waals surface area contributed by atoms with E-state index in [1.807, 2.05) is 6.07 Å². The normalized spacial score (nSPS) is 11.4. The van der Waals surface area contributed by atoms with E-state index in [1.165, 1.54) is 12.1 Å². The van der Waals surface area contributed by atoms with Crippen molar-refractivity contribution in [3.63, 3.8) is 0 Å². The van der Waals surface area contributed by atoms with Gasteiger partial charge >= 0.3 is 6.18 Å². The second kappa shape index (κ2) is 5.72. The quantitative estimate of drug-likeness (QED) is 0.852. The van der Waals surface area contributed by atoms with Crippen LogP contribution in [0.3, 0.4) is 0 Å². The van der Waals surface area contributed by atoms with Crippen molar-refractivity contribution < 1.29 is 13.2 Å². The number of hydrogen-bond acceptors (Lipinski definition) is 3. The van der Waals surface area contributed by atoms with Gasteiger partial charge in [-0.2, -0.15) is 18.3 Å². The molecule has 0 amide bonds. The van der Waals surface area contributed by atoms with Gasteiger partial charge in [-0.05, 0) is 24.3 Å². The van der Waals surface area contributed by atoms with Crippen LogP contribution in [0.25, 0.3) is 0 Å². The number of anilines is 1. The molecule has 0 atom stereocenters. The van der Waals surface area contributed by atoms with Crippen molar-refractivity contribution in [3.8, 4) is 0 Å². The number of nitrogens with zero attached hydrogens (tertiary/aromatic N) is 2. The number of halogens is 3. The molecule has 1 heterocycles. The average Bonchev–Trinajstić information content (AvgIpc) is 2.80. The molecular weight excluding hydrogens is 301 g/mol. The van der Waals surface area contributed by atoms with Crippen molar-refractivity contribution in [1.82, 2.24) is 9.78 Å². The lowest BCUT2D eigenvalue weighted by Crippen LogP contribution is -2.18. The number of rotatable bonds is 4. The second-order valence-electron chi connectivity index (χ2n) is 4.46. The highest BCUT2D eigenvalue weighted by atomic mass is 32.1. The Hall–Kier alpha value is -2.09. The van der Waals surface area contributed by atoms with E-state index in [4.69, 9.17) is 18.0 Å². The summed E-state index contributed by atoms with van der Waals surface area (Å²) >= 11 is 4.69. The third-order valence-corrected chi connectivity index (χ3v) is 3.05. The summed E-state index contributed by atoms with van der Waals surface area (Å²) in [5.41, 5.74) is 5.62. The molecule has 21 heavy (non-hydrogen) atoms. The van der Waals surface area contributed by atoms with Gasteiger partial charge < -0.3 is 11.1 Å². The Kier molecular flexibility index (Phi) is 4.17. The van der Waals surface area contributed by atoms with Gasteiger partial charge in [-0.15, -0.1) is 0 Å². The first kappa shape index (κ1) is 15.3. The van der Waals surface area contributed by atoms with Gasteiger partial charge in [0.25, 0.3) is 0 Å². The molecule has 0 bridgehead atoms. The zero-order chi connectivity index (χ0) is 15.6. The Morgan fingerprint density at radius 1 is 1.38 bits per heavy atom. The Balaban J connectivity index is 2.22. The summed E-state index contributed by atoms with van der Waals surface area (Å²) in [5.74, 6) is 0. The van der Waals surface area contributed by atoms with Gasteiger partial charge in [0.1, 0.15) is 4.99 Å². The average molecular weight is 314 g/mol. The fraction of sp³-hybridized carbons (Fsp3) is 0.231. The summed E-state index contributed by atoms with van der Waals surface area (Å²) in [7, 11) is 1.78. The van der Waals surface area contributed by atoms with Gasteiger partial charge in [-0.25, -0.2) is 0 Å². The molecule has 0 aliphatic heterocycles. The van der Waals surface area contributed by atoms with Gasteiger partial charge in [0.05, 0.1) is 17.8 Å². The smallest absolute Gasteiger partial charge is 0.389 e. The summed E-state index contributed by atoms with van der Waals surface area (Å²) in [6.45, 7) is 0.392. The minimum absolute atomic E-state index is 0.191. The lowest BCUT2D eigenvalue weighted by molar-refractivity contribution is -0.137. The minimum Gasteiger partial charge on any atom is -0.389 e. The summed E-state index contributed by atoms with van der Waals surface area (Å²) in [6.07, 6.45) is -2.71. The number of hydrogen-bond donors (Lipinski definition) is 2.